The van der Waals surface area contributed by atoms with Crippen LogP contribution in [0.5, 0.6) is 0 Å². The second-order valence-corrected chi connectivity index (χ2v) is 6.98. The third kappa shape index (κ3) is 2.74. The van der Waals surface area contributed by atoms with E-state index in [1.807, 2.05) is 17.5 Å². The predicted molar refractivity (Wildman–Crippen MR) is 87.7 cm³/mol. The number of rotatable bonds is 3. The number of nitrogens with one attached hydrogen (secondary N) is 1. The number of hydrogen-bond donors (Lipinski definition) is 1. The first-order chi connectivity index (χ1) is 11.2. The highest BCUT2D eigenvalue weighted by Crippen LogP contribution is 2.28. The van der Waals surface area contributed by atoms with Crippen molar-refractivity contribution >= 4 is 33.4 Å². The summed E-state index contributed by atoms with van der Waals surface area (Å²) in [6.45, 7) is 2.84. The highest BCUT2D eigenvalue weighted by atomic mass is 32.1. The van der Waals surface area contributed by atoms with Crippen molar-refractivity contribution in [3.8, 4) is 0 Å². The maximum atomic E-state index is 12.6. The van der Waals surface area contributed by atoms with Gasteiger partial charge < -0.3 is 19.5 Å². The van der Waals surface area contributed by atoms with E-state index in [0.29, 0.717) is 25.5 Å². The Bertz CT molecular complexity index is 745. The Morgan fingerprint density at radius 3 is 3.00 bits per heavy atom. The molecule has 1 N–H and O–H groups in total. The molecule has 2 aliphatic rings. The molecule has 2 aromatic heterocycles. The molecule has 0 saturated carbocycles. The number of carbonyl (C=O) groups excluding carboxylic acids is 2. The summed E-state index contributed by atoms with van der Waals surface area (Å²) < 4.78 is 8.47. The monoisotopic (exact) mass is 333 g/mol. The molecule has 4 heterocycles. The Morgan fingerprint density at radius 2 is 2.17 bits per heavy atom. The van der Waals surface area contributed by atoms with Gasteiger partial charge in [0.25, 0.3) is 5.91 Å². The van der Waals surface area contributed by atoms with Gasteiger partial charge in [-0.3, -0.25) is 9.59 Å². The fourth-order valence-corrected chi connectivity index (χ4v) is 4.14. The van der Waals surface area contributed by atoms with Crippen molar-refractivity contribution in [2.24, 2.45) is 0 Å². The van der Waals surface area contributed by atoms with Gasteiger partial charge in [0.15, 0.2) is 0 Å². The number of ether oxygens (including phenoxy) is 1. The minimum absolute atomic E-state index is 0.0539. The zero-order valence-electron chi connectivity index (χ0n) is 12.8. The molecule has 0 aliphatic carbocycles. The van der Waals surface area contributed by atoms with E-state index < -0.39 is 0 Å². The van der Waals surface area contributed by atoms with Gasteiger partial charge >= 0.3 is 0 Å². The normalized spacial score (nSPS) is 19.1. The summed E-state index contributed by atoms with van der Waals surface area (Å²) >= 11 is 1.64. The minimum Gasteiger partial charge on any atom is -0.381 e. The molecule has 0 bridgehead atoms. The average Bonchev–Trinajstić information content (AvgIpc) is 3.12. The molecule has 1 fully saturated rings. The molecule has 0 spiro atoms. The molecule has 0 unspecified atom stereocenters. The molecule has 7 heteroatoms. The first kappa shape index (κ1) is 14.7. The van der Waals surface area contributed by atoms with Crippen LogP contribution >= 0.6 is 11.3 Å². The van der Waals surface area contributed by atoms with E-state index in [9.17, 15) is 9.59 Å². The lowest BCUT2D eigenvalue weighted by Gasteiger charge is -2.29. The molecule has 0 radical (unpaired) electrons. The van der Waals surface area contributed by atoms with Gasteiger partial charge in [-0.25, -0.2) is 0 Å². The summed E-state index contributed by atoms with van der Waals surface area (Å²) in [5.74, 6) is -0.131. The second kappa shape index (κ2) is 5.98. The first-order valence-electron chi connectivity index (χ1n) is 7.95. The van der Waals surface area contributed by atoms with Crippen LogP contribution in [0.2, 0.25) is 0 Å². The molecule has 2 aromatic rings. The molecule has 0 atom stereocenters. The van der Waals surface area contributed by atoms with Crippen molar-refractivity contribution in [2.75, 3.05) is 26.3 Å². The summed E-state index contributed by atoms with van der Waals surface area (Å²) in [7, 11) is 0. The minimum atomic E-state index is -0.0768. The van der Waals surface area contributed by atoms with Crippen LogP contribution in [0.3, 0.4) is 0 Å². The lowest BCUT2D eigenvalue weighted by atomic mass is 10.1. The fourth-order valence-electron chi connectivity index (χ4n) is 3.32. The molecule has 1 saturated heterocycles. The molecular formula is C16H19N3O3S. The largest absolute Gasteiger partial charge is 0.381 e. The van der Waals surface area contributed by atoms with E-state index in [2.05, 4.69) is 9.88 Å². The van der Waals surface area contributed by atoms with Crippen LogP contribution in [0.4, 0.5) is 0 Å². The maximum absolute atomic E-state index is 12.6. The molecule has 6 nitrogen and oxygen atoms in total. The van der Waals surface area contributed by atoms with Gasteiger partial charge in [-0.1, -0.05) is 0 Å². The Morgan fingerprint density at radius 1 is 1.35 bits per heavy atom. The Balaban J connectivity index is 1.43. The van der Waals surface area contributed by atoms with Gasteiger partial charge in [-0.2, -0.15) is 0 Å². The van der Waals surface area contributed by atoms with E-state index in [-0.39, 0.29) is 24.4 Å². The van der Waals surface area contributed by atoms with Crippen LogP contribution < -0.4 is 5.32 Å². The summed E-state index contributed by atoms with van der Waals surface area (Å²) in [6, 6.07) is 4.15. The zero-order valence-corrected chi connectivity index (χ0v) is 13.6. The van der Waals surface area contributed by atoms with Gasteiger partial charge in [0.2, 0.25) is 5.91 Å². The number of nitrogens with zero attached hydrogens (tertiary/aromatic N) is 2. The van der Waals surface area contributed by atoms with Crippen molar-refractivity contribution in [3.05, 3.63) is 23.2 Å². The van der Waals surface area contributed by atoms with Gasteiger partial charge in [-0.05, 0) is 30.4 Å². The van der Waals surface area contributed by atoms with Crippen molar-refractivity contribution < 1.29 is 14.3 Å². The predicted octanol–water partition coefficient (Wildman–Crippen LogP) is 1.45. The fraction of sp³-hybridized carbons (Fsp3) is 0.500. The number of amides is 2. The Hall–Kier alpha value is -1.86. The van der Waals surface area contributed by atoms with Crippen molar-refractivity contribution in [1.29, 1.82) is 0 Å². The third-order valence-electron chi connectivity index (χ3n) is 4.54. The number of hydrogen-bond acceptors (Lipinski definition) is 4. The molecule has 0 aromatic carbocycles. The van der Waals surface area contributed by atoms with Crippen LogP contribution in [-0.4, -0.2) is 53.6 Å². The topological polar surface area (TPSA) is 63.6 Å². The van der Waals surface area contributed by atoms with Crippen molar-refractivity contribution in [2.45, 2.75) is 25.4 Å². The Labute approximate surface area is 138 Å². The average molecular weight is 333 g/mol. The van der Waals surface area contributed by atoms with E-state index in [1.54, 1.807) is 16.2 Å². The van der Waals surface area contributed by atoms with Crippen LogP contribution in [0.1, 0.15) is 23.3 Å². The Kier molecular flexibility index (Phi) is 3.82. The second-order valence-electron chi connectivity index (χ2n) is 6.03. The molecule has 2 aliphatic heterocycles. The number of fused-ring (bicyclic) bond motifs is 3. The standard InChI is InChI=1S/C16H19N3O3S/c20-15(17-11-1-6-22-7-2-11)10-18-4-5-19-12-3-8-23-14(12)9-13(19)16(18)21/h3,8-9,11H,1-2,4-7,10H2,(H,17,20). The maximum Gasteiger partial charge on any atom is 0.271 e. The van der Waals surface area contributed by atoms with E-state index in [1.165, 1.54) is 0 Å². The van der Waals surface area contributed by atoms with E-state index in [4.69, 9.17) is 4.74 Å². The van der Waals surface area contributed by atoms with Gasteiger partial charge in [0.05, 0.1) is 16.8 Å². The molecule has 2 amide bonds. The van der Waals surface area contributed by atoms with Crippen LogP contribution in [0.15, 0.2) is 17.5 Å². The first-order valence-corrected chi connectivity index (χ1v) is 8.83. The molecule has 4 rings (SSSR count). The highest BCUT2D eigenvalue weighted by Gasteiger charge is 2.28. The summed E-state index contributed by atoms with van der Waals surface area (Å²) in [4.78, 5) is 26.5. The highest BCUT2D eigenvalue weighted by molar-refractivity contribution is 7.17. The van der Waals surface area contributed by atoms with Crippen LogP contribution in [0.25, 0.3) is 10.2 Å². The molecular weight excluding hydrogens is 314 g/mol. The summed E-state index contributed by atoms with van der Waals surface area (Å²) in [6.07, 6.45) is 1.69. The third-order valence-corrected chi connectivity index (χ3v) is 5.40. The summed E-state index contributed by atoms with van der Waals surface area (Å²) in [5, 5.41) is 5.05. The molecule has 122 valence electrons. The quantitative estimate of drug-likeness (QED) is 0.925. The SMILES string of the molecule is O=C(CN1CCn2c(cc3sccc32)C1=O)NC1CCOCC1. The van der Waals surface area contributed by atoms with Crippen LogP contribution in [0, 0.1) is 0 Å². The van der Waals surface area contributed by atoms with Gasteiger partial charge in [0, 0.05) is 32.3 Å². The van der Waals surface area contributed by atoms with Crippen molar-refractivity contribution in [3.63, 3.8) is 0 Å². The van der Waals surface area contributed by atoms with Crippen LogP contribution in [-0.2, 0) is 16.1 Å². The van der Waals surface area contributed by atoms with E-state index >= 15 is 0 Å². The lowest BCUT2D eigenvalue weighted by Crippen LogP contribution is -2.48. The van der Waals surface area contributed by atoms with Gasteiger partial charge in [0.1, 0.15) is 5.69 Å². The molecule has 23 heavy (non-hydrogen) atoms. The lowest BCUT2D eigenvalue weighted by molar-refractivity contribution is -0.123. The van der Waals surface area contributed by atoms with E-state index in [0.717, 1.165) is 29.6 Å². The van der Waals surface area contributed by atoms with Gasteiger partial charge in [-0.15, -0.1) is 11.3 Å². The number of aromatic nitrogens is 1. The zero-order chi connectivity index (χ0) is 15.8. The number of thiophene rings is 1. The summed E-state index contributed by atoms with van der Waals surface area (Å²) in [5.41, 5.74) is 1.81. The smallest absolute Gasteiger partial charge is 0.271 e. The number of carbonyl (C=O) groups is 2. The van der Waals surface area contributed by atoms with Crippen molar-refractivity contribution in [1.82, 2.24) is 14.8 Å².